The van der Waals surface area contributed by atoms with Gasteiger partial charge < -0.3 is 20.1 Å². The van der Waals surface area contributed by atoms with Gasteiger partial charge in [0.25, 0.3) is 0 Å². The molecular formula is C20H28N4O2S. The number of aryl methyl sites for hydroxylation is 1. The second kappa shape index (κ2) is 9.08. The number of benzene rings is 1. The monoisotopic (exact) mass is 388 g/mol. The Bertz CT molecular complexity index is 803. The lowest BCUT2D eigenvalue weighted by Crippen LogP contribution is -2.36. The molecule has 0 saturated heterocycles. The molecule has 146 valence electrons. The van der Waals surface area contributed by atoms with E-state index in [2.05, 4.69) is 48.5 Å². The van der Waals surface area contributed by atoms with Crippen LogP contribution in [0, 0.1) is 0 Å². The van der Waals surface area contributed by atoms with Gasteiger partial charge in [0.1, 0.15) is 22.6 Å². The van der Waals surface area contributed by atoms with E-state index in [-0.39, 0.29) is 6.10 Å². The average molecular weight is 389 g/mol. The van der Waals surface area contributed by atoms with Crippen molar-refractivity contribution in [3.63, 3.8) is 0 Å². The molecule has 2 N–H and O–H groups in total. The maximum Gasteiger partial charge on any atom is 0.191 e. The summed E-state index contributed by atoms with van der Waals surface area (Å²) < 4.78 is 11.4. The number of hydrogen-bond donors (Lipinski definition) is 2. The average Bonchev–Trinajstić information content (AvgIpc) is 3.27. The van der Waals surface area contributed by atoms with Crippen LogP contribution in [0.15, 0.2) is 23.3 Å². The lowest BCUT2D eigenvalue weighted by molar-refractivity contribution is 0.254. The summed E-state index contributed by atoms with van der Waals surface area (Å²) in [5.41, 5.74) is 2.22. The second-order valence-corrected chi connectivity index (χ2v) is 7.73. The number of aliphatic imine (C=N–C) groups is 1. The third kappa shape index (κ3) is 4.91. The molecule has 1 aromatic heterocycles. The summed E-state index contributed by atoms with van der Waals surface area (Å²) in [6, 6.07) is 4.13. The van der Waals surface area contributed by atoms with Gasteiger partial charge in [0, 0.05) is 35.2 Å². The summed E-state index contributed by atoms with van der Waals surface area (Å²) in [6.07, 6.45) is 4.11. The number of ether oxygens (including phenoxy) is 2. The van der Waals surface area contributed by atoms with E-state index in [4.69, 9.17) is 14.5 Å². The number of guanidine groups is 1. The van der Waals surface area contributed by atoms with Crippen LogP contribution >= 0.6 is 11.3 Å². The Kier molecular flexibility index (Phi) is 6.55. The van der Waals surface area contributed by atoms with Gasteiger partial charge in [-0.1, -0.05) is 6.92 Å². The minimum absolute atomic E-state index is 0.216. The van der Waals surface area contributed by atoms with Gasteiger partial charge in [-0.3, -0.25) is 0 Å². The van der Waals surface area contributed by atoms with Crippen LogP contribution in [0.2, 0.25) is 0 Å². The second-order valence-electron chi connectivity index (χ2n) is 6.53. The molecular weight excluding hydrogens is 360 g/mol. The quantitative estimate of drug-likeness (QED) is 0.563. The molecule has 1 aliphatic rings. The molecule has 0 spiro atoms. The van der Waals surface area contributed by atoms with E-state index in [0.717, 1.165) is 47.4 Å². The Labute approximate surface area is 165 Å². The predicted octanol–water partition coefficient (Wildman–Crippen LogP) is 3.29. The van der Waals surface area contributed by atoms with Crippen molar-refractivity contribution in [1.29, 1.82) is 0 Å². The lowest BCUT2D eigenvalue weighted by Gasteiger charge is -2.12. The summed E-state index contributed by atoms with van der Waals surface area (Å²) in [4.78, 5) is 10.5. The number of hydrogen-bond acceptors (Lipinski definition) is 5. The van der Waals surface area contributed by atoms with E-state index < -0.39 is 0 Å². The van der Waals surface area contributed by atoms with Crippen molar-refractivity contribution in [2.45, 2.75) is 52.8 Å². The van der Waals surface area contributed by atoms with Gasteiger partial charge in [0.05, 0.1) is 20.2 Å². The fourth-order valence-electron chi connectivity index (χ4n) is 3.05. The first-order valence-corrected chi connectivity index (χ1v) is 10.3. The first-order chi connectivity index (χ1) is 13.1. The highest BCUT2D eigenvalue weighted by atomic mass is 32.1. The first kappa shape index (κ1) is 19.5. The highest BCUT2D eigenvalue weighted by Gasteiger charge is 2.21. The van der Waals surface area contributed by atoms with Gasteiger partial charge in [0.15, 0.2) is 5.96 Å². The molecule has 3 rings (SSSR count). The van der Waals surface area contributed by atoms with Crippen molar-refractivity contribution in [2.24, 2.45) is 4.99 Å². The molecule has 0 fully saturated rings. The fourth-order valence-corrected chi connectivity index (χ4v) is 3.86. The molecule has 6 nitrogen and oxygen atoms in total. The third-order valence-corrected chi connectivity index (χ3v) is 5.55. The van der Waals surface area contributed by atoms with E-state index in [1.54, 1.807) is 18.4 Å². The van der Waals surface area contributed by atoms with Crippen molar-refractivity contribution < 1.29 is 9.47 Å². The number of thiazole rings is 1. The SMILES string of the molecule is CCNC(=NCc1cc2c(cc1OC)CC(C)O2)NCc1ncc(CC)s1. The zero-order valence-corrected chi connectivity index (χ0v) is 17.3. The van der Waals surface area contributed by atoms with Crippen molar-refractivity contribution in [3.8, 4) is 11.5 Å². The number of aromatic nitrogens is 1. The van der Waals surface area contributed by atoms with E-state index in [1.807, 2.05) is 6.20 Å². The maximum atomic E-state index is 5.88. The topological polar surface area (TPSA) is 67.8 Å². The zero-order chi connectivity index (χ0) is 19.2. The minimum Gasteiger partial charge on any atom is -0.496 e. The Morgan fingerprint density at radius 1 is 1.37 bits per heavy atom. The number of nitrogens with one attached hydrogen (secondary N) is 2. The normalized spacial score (nSPS) is 16.0. The molecule has 0 amide bonds. The van der Waals surface area contributed by atoms with E-state index >= 15 is 0 Å². The van der Waals surface area contributed by atoms with Gasteiger partial charge in [-0.25, -0.2) is 9.98 Å². The van der Waals surface area contributed by atoms with Crippen LogP contribution in [0.25, 0.3) is 0 Å². The number of nitrogens with zero attached hydrogens (tertiary/aromatic N) is 2. The molecule has 0 bridgehead atoms. The molecule has 1 unspecified atom stereocenters. The summed E-state index contributed by atoms with van der Waals surface area (Å²) in [6.45, 7) is 8.26. The van der Waals surface area contributed by atoms with Crippen LogP contribution < -0.4 is 20.1 Å². The maximum absolute atomic E-state index is 5.88. The van der Waals surface area contributed by atoms with Crippen LogP contribution in [0.3, 0.4) is 0 Å². The molecule has 7 heteroatoms. The largest absolute Gasteiger partial charge is 0.496 e. The fraction of sp³-hybridized carbons (Fsp3) is 0.500. The highest BCUT2D eigenvalue weighted by Crippen LogP contribution is 2.35. The molecule has 0 aliphatic carbocycles. The molecule has 2 aromatic rings. The summed E-state index contributed by atoms with van der Waals surface area (Å²) in [5.74, 6) is 2.57. The van der Waals surface area contributed by atoms with Crippen molar-refractivity contribution in [1.82, 2.24) is 15.6 Å². The van der Waals surface area contributed by atoms with Crippen molar-refractivity contribution in [2.75, 3.05) is 13.7 Å². The minimum atomic E-state index is 0.216. The third-order valence-electron chi connectivity index (χ3n) is 4.41. The molecule has 0 radical (unpaired) electrons. The molecule has 2 heterocycles. The molecule has 1 atom stereocenters. The lowest BCUT2D eigenvalue weighted by atomic mass is 10.1. The Balaban J connectivity index is 1.70. The Morgan fingerprint density at radius 2 is 2.22 bits per heavy atom. The highest BCUT2D eigenvalue weighted by molar-refractivity contribution is 7.11. The van der Waals surface area contributed by atoms with E-state index in [9.17, 15) is 0 Å². The van der Waals surface area contributed by atoms with Crippen molar-refractivity contribution in [3.05, 3.63) is 39.3 Å². The van der Waals surface area contributed by atoms with Crippen LogP contribution in [0.5, 0.6) is 11.5 Å². The van der Waals surface area contributed by atoms with Crippen LogP contribution in [-0.4, -0.2) is 30.7 Å². The zero-order valence-electron chi connectivity index (χ0n) is 16.5. The Morgan fingerprint density at radius 3 is 2.93 bits per heavy atom. The van der Waals surface area contributed by atoms with E-state index in [0.29, 0.717) is 13.1 Å². The van der Waals surface area contributed by atoms with Crippen LogP contribution in [0.4, 0.5) is 0 Å². The Hall–Kier alpha value is -2.28. The van der Waals surface area contributed by atoms with Gasteiger partial charge in [0.2, 0.25) is 0 Å². The van der Waals surface area contributed by atoms with Crippen molar-refractivity contribution >= 4 is 17.3 Å². The summed E-state index contributed by atoms with van der Waals surface area (Å²) >= 11 is 1.73. The predicted molar refractivity (Wildman–Crippen MR) is 110 cm³/mol. The van der Waals surface area contributed by atoms with Gasteiger partial charge in [-0.2, -0.15) is 0 Å². The van der Waals surface area contributed by atoms with E-state index in [1.165, 1.54) is 10.4 Å². The molecule has 0 saturated carbocycles. The van der Waals surface area contributed by atoms with Gasteiger partial charge in [-0.05, 0) is 32.4 Å². The molecule has 1 aromatic carbocycles. The summed E-state index contributed by atoms with van der Waals surface area (Å²) in [5, 5.41) is 7.71. The van der Waals surface area contributed by atoms with Crippen LogP contribution in [0.1, 0.15) is 41.8 Å². The number of methoxy groups -OCH3 is 1. The number of rotatable bonds is 7. The van der Waals surface area contributed by atoms with Gasteiger partial charge in [-0.15, -0.1) is 11.3 Å². The standard InChI is InChI=1S/C20H28N4O2S/c1-5-16-11-22-19(27-16)12-24-20(21-6-2)23-10-15-9-18-14(7-13(3)26-18)8-17(15)25-4/h8-9,11,13H,5-7,10,12H2,1-4H3,(H2,21,23,24). The molecule has 27 heavy (non-hydrogen) atoms. The van der Waals surface area contributed by atoms with Crippen LogP contribution in [-0.2, 0) is 25.9 Å². The smallest absolute Gasteiger partial charge is 0.191 e. The first-order valence-electron chi connectivity index (χ1n) is 9.45. The van der Waals surface area contributed by atoms with Gasteiger partial charge >= 0.3 is 0 Å². The number of fused-ring (bicyclic) bond motifs is 1. The molecule has 1 aliphatic heterocycles. The summed E-state index contributed by atoms with van der Waals surface area (Å²) in [7, 11) is 1.70.